The van der Waals surface area contributed by atoms with Gasteiger partial charge in [0.15, 0.2) is 6.10 Å². The van der Waals surface area contributed by atoms with Gasteiger partial charge in [-0.05, 0) is 32.9 Å². The van der Waals surface area contributed by atoms with Gasteiger partial charge in [0.25, 0.3) is 5.91 Å². The molecule has 0 spiro atoms. The fraction of sp³-hybridized carbons (Fsp3) is 0.909. The summed E-state index contributed by atoms with van der Waals surface area (Å²) in [5, 5.41) is 6.37. The summed E-state index contributed by atoms with van der Waals surface area (Å²) in [6.45, 7) is 5.48. The van der Waals surface area contributed by atoms with E-state index in [2.05, 4.69) is 17.6 Å². The molecular weight excluding hydrogens is 208 g/mol. The van der Waals surface area contributed by atoms with Crippen molar-refractivity contribution in [3.05, 3.63) is 0 Å². The predicted molar refractivity (Wildman–Crippen MR) is 59.2 cm³/mol. The van der Waals surface area contributed by atoms with Crippen LogP contribution in [0.15, 0.2) is 0 Å². The number of hydrogen-bond donors (Lipinski definition) is 2. The molecule has 0 aromatic rings. The van der Waals surface area contributed by atoms with E-state index >= 15 is 0 Å². The summed E-state index contributed by atoms with van der Waals surface area (Å²) in [7, 11) is 0. The molecule has 0 aromatic carbocycles. The maximum atomic E-state index is 11.9. The highest BCUT2D eigenvalue weighted by Crippen LogP contribution is 2.17. The lowest BCUT2D eigenvalue weighted by Crippen LogP contribution is -2.56. The molecule has 2 rings (SSSR count). The first-order valence-electron chi connectivity index (χ1n) is 5.92. The van der Waals surface area contributed by atoms with Crippen molar-refractivity contribution in [1.82, 2.24) is 10.6 Å². The van der Waals surface area contributed by atoms with E-state index in [1.165, 1.54) is 0 Å². The lowest BCUT2D eigenvalue weighted by Gasteiger charge is -2.36. The van der Waals surface area contributed by atoms with Crippen molar-refractivity contribution in [2.24, 2.45) is 0 Å². The van der Waals surface area contributed by atoms with E-state index < -0.39 is 6.10 Å². The molecule has 2 saturated heterocycles. The van der Waals surface area contributed by atoms with Crippen molar-refractivity contribution in [3.8, 4) is 0 Å². The van der Waals surface area contributed by atoms with Crippen molar-refractivity contribution in [3.63, 3.8) is 0 Å². The summed E-state index contributed by atoms with van der Waals surface area (Å²) in [6.07, 6.45) is 1.50. The van der Waals surface area contributed by atoms with Crippen molar-refractivity contribution in [2.45, 2.75) is 31.4 Å². The Labute approximate surface area is 95.9 Å². The number of nitrogens with one attached hydrogen (secondary N) is 2. The zero-order valence-electron chi connectivity index (χ0n) is 9.75. The van der Waals surface area contributed by atoms with Crippen molar-refractivity contribution in [2.75, 3.05) is 32.9 Å². The Bertz CT molecular complexity index is 246. The number of ether oxygens (including phenoxy) is 2. The predicted octanol–water partition coefficient (Wildman–Crippen LogP) is -0.340. The number of carbonyl (C=O) groups is 1. The maximum Gasteiger partial charge on any atom is 0.251 e. The molecule has 1 atom stereocenters. The van der Waals surface area contributed by atoms with E-state index in [1.54, 1.807) is 0 Å². The molecule has 0 radical (unpaired) electrons. The fourth-order valence-corrected chi connectivity index (χ4v) is 2.12. The highest BCUT2D eigenvalue weighted by atomic mass is 16.6. The quantitative estimate of drug-likeness (QED) is 0.679. The van der Waals surface area contributed by atoms with Crippen LogP contribution >= 0.6 is 0 Å². The van der Waals surface area contributed by atoms with Crippen molar-refractivity contribution in [1.29, 1.82) is 0 Å². The topological polar surface area (TPSA) is 59.6 Å². The summed E-state index contributed by atoms with van der Waals surface area (Å²) < 4.78 is 10.6. The van der Waals surface area contributed by atoms with Crippen LogP contribution in [0.1, 0.15) is 19.8 Å². The lowest BCUT2D eigenvalue weighted by atomic mass is 9.90. The van der Waals surface area contributed by atoms with Crippen LogP contribution in [0.3, 0.4) is 0 Å². The molecule has 0 bridgehead atoms. The third kappa shape index (κ3) is 2.93. The molecule has 2 heterocycles. The molecular formula is C11H20N2O3. The Morgan fingerprint density at radius 1 is 1.38 bits per heavy atom. The van der Waals surface area contributed by atoms with Crippen LogP contribution in [-0.4, -0.2) is 50.5 Å². The number of hydrogen-bond acceptors (Lipinski definition) is 4. The minimum Gasteiger partial charge on any atom is -0.376 e. The molecule has 2 fully saturated rings. The highest BCUT2D eigenvalue weighted by Gasteiger charge is 2.32. The Hall–Kier alpha value is -0.650. The van der Waals surface area contributed by atoms with Crippen LogP contribution in [0.4, 0.5) is 0 Å². The van der Waals surface area contributed by atoms with Gasteiger partial charge in [-0.3, -0.25) is 4.79 Å². The lowest BCUT2D eigenvalue weighted by molar-refractivity contribution is -0.149. The van der Waals surface area contributed by atoms with Gasteiger partial charge in [0.05, 0.1) is 19.8 Å². The van der Waals surface area contributed by atoms with E-state index in [9.17, 15) is 4.79 Å². The Morgan fingerprint density at radius 3 is 2.75 bits per heavy atom. The van der Waals surface area contributed by atoms with E-state index in [0.29, 0.717) is 19.8 Å². The second-order valence-electron chi connectivity index (χ2n) is 4.73. The minimum atomic E-state index is -0.430. The molecule has 2 aliphatic heterocycles. The number of amides is 1. The van der Waals surface area contributed by atoms with Crippen LogP contribution in [0.2, 0.25) is 0 Å². The molecule has 16 heavy (non-hydrogen) atoms. The molecule has 0 aliphatic carbocycles. The normalized spacial score (nSPS) is 29.7. The molecule has 92 valence electrons. The average molecular weight is 228 g/mol. The Kier molecular flexibility index (Phi) is 3.78. The van der Waals surface area contributed by atoms with Gasteiger partial charge in [-0.2, -0.15) is 0 Å². The van der Waals surface area contributed by atoms with E-state index in [0.717, 1.165) is 25.9 Å². The van der Waals surface area contributed by atoms with Gasteiger partial charge < -0.3 is 20.1 Å². The number of carbonyl (C=O) groups excluding carboxylic acids is 1. The van der Waals surface area contributed by atoms with Crippen molar-refractivity contribution < 1.29 is 14.3 Å². The number of piperidine rings is 1. The summed E-state index contributed by atoms with van der Waals surface area (Å²) in [4.78, 5) is 11.9. The van der Waals surface area contributed by atoms with Crippen LogP contribution in [0.25, 0.3) is 0 Å². The molecule has 0 saturated carbocycles. The van der Waals surface area contributed by atoms with Crippen LogP contribution < -0.4 is 10.6 Å². The van der Waals surface area contributed by atoms with Gasteiger partial charge in [0.2, 0.25) is 0 Å². The minimum absolute atomic E-state index is 0.0379. The third-order valence-corrected chi connectivity index (χ3v) is 3.24. The second kappa shape index (κ2) is 5.12. The van der Waals surface area contributed by atoms with Gasteiger partial charge >= 0.3 is 0 Å². The number of rotatable bonds is 2. The van der Waals surface area contributed by atoms with Crippen LogP contribution in [0.5, 0.6) is 0 Å². The SMILES string of the molecule is CC1(NC(=O)C2COCCO2)CCNCC1. The van der Waals surface area contributed by atoms with Gasteiger partial charge in [0.1, 0.15) is 0 Å². The molecule has 5 nitrogen and oxygen atoms in total. The summed E-state index contributed by atoms with van der Waals surface area (Å²) in [6, 6.07) is 0. The fourth-order valence-electron chi connectivity index (χ4n) is 2.12. The van der Waals surface area contributed by atoms with E-state index in [-0.39, 0.29) is 11.4 Å². The first kappa shape index (κ1) is 11.8. The smallest absolute Gasteiger partial charge is 0.251 e. The Balaban J connectivity index is 1.85. The average Bonchev–Trinajstić information content (AvgIpc) is 2.30. The van der Waals surface area contributed by atoms with Crippen LogP contribution in [0, 0.1) is 0 Å². The van der Waals surface area contributed by atoms with Crippen LogP contribution in [-0.2, 0) is 14.3 Å². The van der Waals surface area contributed by atoms with E-state index in [4.69, 9.17) is 9.47 Å². The molecule has 5 heteroatoms. The van der Waals surface area contributed by atoms with Gasteiger partial charge in [0, 0.05) is 5.54 Å². The third-order valence-electron chi connectivity index (χ3n) is 3.24. The summed E-state index contributed by atoms with van der Waals surface area (Å²) in [5.41, 5.74) is -0.0941. The summed E-state index contributed by atoms with van der Waals surface area (Å²) in [5.74, 6) is -0.0379. The zero-order valence-corrected chi connectivity index (χ0v) is 9.75. The largest absolute Gasteiger partial charge is 0.376 e. The van der Waals surface area contributed by atoms with Gasteiger partial charge in [-0.25, -0.2) is 0 Å². The molecule has 2 aliphatic rings. The standard InChI is InChI=1S/C11H20N2O3/c1-11(2-4-12-5-3-11)13-10(14)9-8-15-6-7-16-9/h9,12H,2-8H2,1H3,(H,13,14). The molecule has 1 amide bonds. The molecule has 1 unspecified atom stereocenters. The molecule has 2 N–H and O–H groups in total. The first-order chi connectivity index (χ1) is 7.70. The van der Waals surface area contributed by atoms with Gasteiger partial charge in [-0.15, -0.1) is 0 Å². The summed E-state index contributed by atoms with van der Waals surface area (Å²) >= 11 is 0. The van der Waals surface area contributed by atoms with Crippen molar-refractivity contribution >= 4 is 5.91 Å². The maximum absolute atomic E-state index is 11.9. The molecule has 0 aromatic heterocycles. The van der Waals surface area contributed by atoms with E-state index in [1.807, 2.05) is 0 Å². The highest BCUT2D eigenvalue weighted by molar-refractivity contribution is 5.81. The first-order valence-corrected chi connectivity index (χ1v) is 5.92. The monoisotopic (exact) mass is 228 g/mol. The van der Waals surface area contributed by atoms with Gasteiger partial charge in [-0.1, -0.05) is 0 Å². The zero-order chi connectivity index (χ0) is 11.4. The second-order valence-corrected chi connectivity index (χ2v) is 4.73. The Morgan fingerprint density at radius 2 is 2.12 bits per heavy atom.